The Morgan fingerprint density at radius 1 is 1.04 bits per heavy atom. The Morgan fingerprint density at radius 2 is 1.76 bits per heavy atom. The molecule has 1 saturated heterocycles. The highest BCUT2D eigenvalue weighted by molar-refractivity contribution is 7.92. The van der Waals surface area contributed by atoms with E-state index in [1.165, 1.54) is 11.8 Å². The molecular weight excluding hydrogens is 654 g/mol. The van der Waals surface area contributed by atoms with Crippen molar-refractivity contribution < 1.29 is 42.3 Å². The predicted octanol–water partition coefficient (Wildman–Crippen LogP) is 1.52. The number of carbonyl (C=O) groups excluding carboxylic acids is 5. The molecule has 1 heterocycles. The van der Waals surface area contributed by atoms with Gasteiger partial charge in [0.2, 0.25) is 33.7 Å². The summed E-state index contributed by atoms with van der Waals surface area (Å²) in [5.74, 6) is -4.86. The van der Waals surface area contributed by atoms with E-state index >= 15 is 0 Å². The molecule has 0 spiro atoms. The third kappa shape index (κ3) is 12.1. The summed E-state index contributed by atoms with van der Waals surface area (Å²) in [6, 6.07) is 9.62. The number of hydrogen-bond donors (Lipinski definition) is 5. The summed E-state index contributed by atoms with van der Waals surface area (Å²) in [5, 5.41) is 17.1. The normalized spacial score (nSPS) is 16.6. The van der Waals surface area contributed by atoms with Gasteiger partial charge in [0.05, 0.1) is 6.04 Å². The lowest BCUT2D eigenvalue weighted by Gasteiger charge is -2.37. The molecule has 14 nitrogen and oxygen atoms in total. The summed E-state index contributed by atoms with van der Waals surface area (Å²) < 4.78 is 26.7. The highest BCUT2D eigenvalue weighted by Gasteiger charge is 2.38. The molecule has 4 atom stereocenters. The molecule has 15 heteroatoms. The van der Waals surface area contributed by atoms with Gasteiger partial charge in [-0.05, 0) is 61.3 Å². The average molecular weight is 700 g/mol. The van der Waals surface area contributed by atoms with E-state index in [1.54, 1.807) is 0 Å². The second kappa shape index (κ2) is 18.2. The third-order valence-corrected chi connectivity index (χ3v) is 9.52. The van der Waals surface area contributed by atoms with Gasteiger partial charge in [0.1, 0.15) is 12.1 Å². The van der Waals surface area contributed by atoms with Crippen LogP contribution in [0.2, 0.25) is 0 Å². The summed E-state index contributed by atoms with van der Waals surface area (Å²) in [6.07, 6.45) is 0.910. The Kier molecular flexibility index (Phi) is 14.4. The number of sulfonamides is 1. The Bertz CT molecular complexity index is 1660. The van der Waals surface area contributed by atoms with Crippen molar-refractivity contribution in [3.8, 4) is 0 Å². The summed E-state index contributed by atoms with van der Waals surface area (Å²) in [4.78, 5) is 77.5. The molecule has 2 aromatic rings. The van der Waals surface area contributed by atoms with Crippen LogP contribution in [0, 0.1) is 5.92 Å². The van der Waals surface area contributed by atoms with E-state index in [1.807, 2.05) is 42.5 Å². The molecule has 0 bridgehead atoms. The van der Waals surface area contributed by atoms with Crippen LogP contribution in [0.4, 0.5) is 0 Å². The highest BCUT2D eigenvalue weighted by Crippen LogP contribution is 2.22. The Morgan fingerprint density at radius 3 is 2.41 bits per heavy atom. The molecule has 3 rings (SSSR count). The van der Waals surface area contributed by atoms with Crippen LogP contribution in [0.1, 0.15) is 63.9 Å². The number of carboxylic acids is 1. The number of amides is 4. The van der Waals surface area contributed by atoms with E-state index < -0.39 is 70.0 Å². The Hall–Kier alpha value is -4.63. The average Bonchev–Trinajstić information content (AvgIpc) is 3.06. The molecule has 2 aromatic carbocycles. The van der Waals surface area contributed by atoms with Crippen LogP contribution in [0.25, 0.3) is 10.8 Å². The topological polar surface area (TPSA) is 222 Å². The fourth-order valence-electron chi connectivity index (χ4n) is 5.87. The predicted molar refractivity (Wildman–Crippen MR) is 182 cm³/mol. The van der Waals surface area contributed by atoms with E-state index in [4.69, 9.17) is 5.73 Å². The van der Waals surface area contributed by atoms with Gasteiger partial charge in [0, 0.05) is 44.2 Å². The van der Waals surface area contributed by atoms with Crippen molar-refractivity contribution in [1.29, 1.82) is 0 Å². The number of benzene rings is 2. The minimum atomic E-state index is -4.13. The number of fused-ring (bicyclic) bond motifs is 1. The van der Waals surface area contributed by atoms with Crippen LogP contribution in [-0.4, -0.2) is 85.0 Å². The first-order valence-electron chi connectivity index (χ1n) is 16.2. The van der Waals surface area contributed by atoms with E-state index in [2.05, 4.69) is 21.9 Å². The molecule has 6 N–H and O–H groups in total. The molecule has 0 radical (unpaired) electrons. The van der Waals surface area contributed by atoms with Gasteiger partial charge in [-0.3, -0.25) is 28.8 Å². The van der Waals surface area contributed by atoms with Crippen molar-refractivity contribution in [2.45, 2.75) is 82.8 Å². The van der Waals surface area contributed by atoms with Crippen molar-refractivity contribution in [3.63, 3.8) is 0 Å². The fourth-order valence-corrected chi connectivity index (χ4v) is 6.58. The zero-order valence-electron chi connectivity index (χ0n) is 27.6. The lowest BCUT2D eigenvalue weighted by Crippen LogP contribution is -2.59. The standard InChI is InChI=1S/C34H45N5O9S/c1-3-49(47,48)38-27(15-16-31(42)43)34(46)39-18-7-6-12-29(39)33(45)37-28(20-23-13-14-24-9-4-5-10-25(24)19-23)30(41)21-26(32(35)44)11-8-17-36-22(2)40/h3-5,9-10,13-14,19,26-29,38H,1,6-8,11-12,15-18,20-21H2,2H3,(H2,35,44)(H,36,40)(H,37,45)(H,42,43)/t26-,27+,28+,29+/m1/s1. The van der Waals surface area contributed by atoms with Crippen LogP contribution in [0.5, 0.6) is 0 Å². The number of piperidine rings is 1. The number of primary amides is 1. The number of nitrogens with zero attached hydrogens (tertiary/aromatic N) is 1. The number of nitrogens with one attached hydrogen (secondary N) is 3. The number of likely N-dealkylation sites (tertiary alicyclic amines) is 1. The van der Waals surface area contributed by atoms with Gasteiger partial charge in [-0.25, -0.2) is 8.42 Å². The quantitative estimate of drug-likeness (QED) is 0.134. The maximum Gasteiger partial charge on any atom is 0.303 e. The van der Waals surface area contributed by atoms with E-state index in [-0.39, 0.29) is 44.6 Å². The van der Waals surface area contributed by atoms with Crippen molar-refractivity contribution in [2.75, 3.05) is 13.1 Å². The van der Waals surface area contributed by atoms with Crippen LogP contribution in [0.15, 0.2) is 54.5 Å². The first-order valence-corrected chi connectivity index (χ1v) is 17.8. The van der Waals surface area contributed by atoms with Gasteiger partial charge in [0.15, 0.2) is 5.78 Å². The summed E-state index contributed by atoms with van der Waals surface area (Å²) in [5.41, 5.74) is 6.37. The molecule has 1 aliphatic heterocycles. The van der Waals surface area contributed by atoms with Crippen molar-refractivity contribution in [1.82, 2.24) is 20.3 Å². The van der Waals surface area contributed by atoms with E-state index in [0.29, 0.717) is 31.2 Å². The molecule has 49 heavy (non-hydrogen) atoms. The summed E-state index contributed by atoms with van der Waals surface area (Å²) in [6.45, 7) is 5.00. The summed E-state index contributed by atoms with van der Waals surface area (Å²) in [7, 11) is -4.13. The number of ketones is 1. The molecule has 0 unspecified atom stereocenters. The van der Waals surface area contributed by atoms with Crippen LogP contribution >= 0.6 is 0 Å². The lowest BCUT2D eigenvalue weighted by atomic mass is 9.90. The number of hydrogen-bond acceptors (Lipinski definition) is 8. The molecule has 0 saturated carbocycles. The number of nitrogens with two attached hydrogens (primary N) is 1. The SMILES string of the molecule is C=CS(=O)(=O)N[C@@H](CCC(=O)O)C(=O)N1CCCC[C@H]1C(=O)N[C@@H](Cc1ccc2ccccc2c1)C(=O)C[C@@H](CCCNC(C)=O)C(N)=O. The smallest absolute Gasteiger partial charge is 0.303 e. The lowest BCUT2D eigenvalue weighted by molar-refractivity contribution is -0.145. The third-order valence-electron chi connectivity index (χ3n) is 8.47. The van der Waals surface area contributed by atoms with Gasteiger partial charge in [0.25, 0.3) is 0 Å². The van der Waals surface area contributed by atoms with Gasteiger partial charge in [-0.2, -0.15) is 4.72 Å². The number of carboxylic acid groups (broad SMARTS) is 1. The van der Waals surface area contributed by atoms with Gasteiger partial charge < -0.3 is 26.4 Å². The Labute approximate surface area is 285 Å². The minimum absolute atomic E-state index is 0.0772. The van der Waals surface area contributed by atoms with Crippen LogP contribution in [-0.2, 0) is 45.2 Å². The maximum atomic E-state index is 13.9. The molecule has 266 valence electrons. The Balaban J connectivity index is 1.88. The van der Waals surface area contributed by atoms with E-state index in [9.17, 15) is 42.3 Å². The summed E-state index contributed by atoms with van der Waals surface area (Å²) >= 11 is 0. The largest absolute Gasteiger partial charge is 0.481 e. The highest BCUT2D eigenvalue weighted by atomic mass is 32.2. The first-order chi connectivity index (χ1) is 23.2. The number of Topliss-reactive ketones (excluding diaryl/α,β-unsaturated/α-hetero) is 1. The molecule has 1 aliphatic rings. The van der Waals surface area contributed by atoms with Crippen LogP contribution < -0.4 is 21.1 Å². The fraction of sp³-hybridized carbons (Fsp3) is 0.471. The molecule has 1 fully saturated rings. The molecular formula is C34H45N5O9S. The zero-order chi connectivity index (χ0) is 36.1. The minimum Gasteiger partial charge on any atom is -0.481 e. The van der Waals surface area contributed by atoms with Crippen molar-refractivity contribution in [2.24, 2.45) is 11.7 Å². The van der Waals surface area contributed by atoms with Crippen molar-refractivity contribution >= 4 is 56.2 Å². The second-order valence-corrected chi connectivity index (χ2v) is 13.9. The monoisotopic (exact) mass is 699 g/mol. The van der Waals surface area contributed by atoms with E-state index in [0.717, 1.165) is 16.3 Å². The molecule has 0 aromatic heterocycles. The number of carbonyl (C=O) groups is 6. The molecule has 0 aliphatic carbocycles. The van der Waals surface area contributed by atoms with Crippen molar-refractivity contribution in [3.05, 3.63) is 60.0 Å². The number of aliphatic carboxylic acids is 1. The van der Waals surface area contributed by atoms with Gasteiger partial charge >= 0.3 is 5.97 Å². The maximum absolute atomic E-state index is 13.9. The number of rotatable bonds is 19. The zero-order valence-corrected chi connectivity index (χ0v) is 28.4. The van der Waals surface area contributed by atoms with Gasteiger partial charge in [-0.15, -0.1) is 0 Å². The first kappa shape index (κ1) is 38.8. The van der Waals surface area contributed by atoms with Gasteiger partial charge in [-0.1, -0.05) is 49.0 Å². The van der Waals surface area contributed by atoms with Crippen LogP contribution in [0.3, 0.4) is 0 Å². The second-order valence-electron chi connectivity index (χ2n) is 12.2. The molecule has 4 amide bonds.